The molecule has 0 aliphatic heterocycles. The van der Waals surface area contributed by atoms with Crippen LogP contribution in [0.5, 0.6) is 0 Å². The fraction of sp³-hybridized carbons (Fsp3) is 0.100. The van der Waals surface area contributed by atoms with Crippen molar-refractivity contribution in [3.8, 4) is 11.1 Å². The number of nitrogens with one attached hydrogen (secondary N) is 1. The number of carbonyl (C=O) groups excluding carboxylic acids is 1. The minimum atomic E-state index is -1.17. The molecular weight excluding hydrogens is 389 g/mol. The lowest BCUT2D eigenvalue weighted by atomic mass is 9.99. The Kier molecular flexibility index (Phi) is 5.88. The van der Waals surface area contributed by atoms with Gasteiger partial charge in [-0.3, -0.25) is 4.79 Å². The van der Waals surface area contributed by atoms with Crippen molar-refractivity contribution in [1.29, 1.82) is 0 Å². The van der Waals surface area contributed by atoms with E-state index in [0.29, 0.717) is 21.7 Å². The Morgan fingerprint density at radius 1 is 1.11 bits per heavy atom. The number of aromatic carboxylic acids is 1. The molecule has 0 aliphatic carbocycles. The Hall–Kier alpha value is -2.70. The van der Waals surface area contributed by atoms with E-state index in [2.05, 4.69) is 5.32 Å². The number of anilines is 1. The molecule has 0 saturated carbocycles. The van der Waals surface area contributed by atoms with Crippen molar-refractivity contribution in [3.63, 3.8) is 0 Å². The summed E-state index contributed by atoms with van der Waals surface area (Å²) in [5, 5.41) is 14.6. The molecule has 1 atom stereocenters. The van der Waals surface area contributed by atoms with Crippen molar-refractivity contribution in [3.05, 3.63) is 76.1 Å². The lowest BCUT2D eigenvalue weighted by Gasteiger charge is -2.13. The Bertz CT molecular complexity index is 957. The molecule has 0 radical (unpaired) electrons. The van der Waals surface area contributed by atoms with Gasteiger partial charge in [0.15, 0.2) is 0 Å². The van der Waals surface area contributed by atoms with Gasteiger partial charge in [0.2, 0.25) is 5.91 Å². The van der Waals surface area contributed by atoms with Gasteiger partial charge in [-0.15, -0.1) is 11.3 Å². The largest absolute Gasteiger partial charge is 0.478 e. The number of thiophene rings is 1. The summed E-state index contributed by atoms with van der Waals surface area (Å²) in [4.78, 5) is 24.3. The van der Waals surface area contributed by atoms with Gasteiger partial charge in [0.25, 0.3) is 0 Å². The average Bonchev–Trinajstić information content (AvgIpc) is 3.07. The number of carboxylic acids is 1. The second-order valence-electron chi connectivity index (χ2n) is 5.77. The molecule has 0 aliphatic rings. The van der Waals surface area contributed by atoms with Crippen molar-refractivity contribution in [1.82, 2.24) is 0 Å². The first-order valence-electron chi connectivity index (χ1n) is 8.03. The van der Waals surface area contributed by atoms with Crippen LogP contribution in [0, 0.1) is 0 Å². The molecule has 0 fully saturated rings. The predicted octanol–water partition coefficient (Wildman–Crippen LogP) is 5.46. The van der Waals surface area contributed by atoms with Crippen molar-refractivity contribution >= 4 is 39.8 Å². The normalized spacial score (nSPS) is 11.8. The van der Waals surface area contributed by atoms with Crippen LogP contribution in [0.1, 0.15) is 21.8 Å². The zero-order valence-corrected chi connectivity index (χ0v) is 15.6. The minimum Gasteiger partial charge on any atom is -0.478 e. The molecule has 1 amide bonds. The summed E-state index contributed by atoms with van der Waals surface area (Å²) < 4.78 is 13.5. The van der Waals surface area contributed by atoms with E-state index in [1.54, 1.807) is 60.0 Å². The summed E-state index contributed by atoms with van der Waals surface area (Å²) in [6.07, 6.45) is 0. The SMILES string of the molecule is O=C(O)c1c(-c2ccc(Cl)cc2)csc1NC(=O)C(CF)c1ccccc1. The average molecular weight is 404 g/mol. The van der Waals surface area contributed by atoms with Gasteiger partial charge in [-0.05, 0) is 23.3 Å². The molecule has 1 aromatic heterocycles. The number of amides is 1. The first-order valence-corrected chi connectivity index (χ1v) is 9.29. The van der Waals surface area contributed by atoms with Crippen LogP contribution >= 0.6 is 22.9 Å². The van der Waals surface area contributed by atoms with Crippen LogP contribution < -0.4 is 5.32 Å². The maximum absolute atomic E-state index is 13.5. The molecule has 1 unspecified atom stereocenters. The van der Waals surface area contributed by atoms with Gasteiger partial charge in [-0.1, -0.05) is 54.1 Å². The van der Waals surface area contributed by atoms with Crippen molar-refractivity contribution in [2.45, 2.75) is 5.92 Å². The summed E-state index contributed by atoms with van der Waals surface area (Å²) in [6.45, 7) is -0.881. The molecular formula is C20H15ClFNO3S. The van der Waals surface area contributed by atoms with E-state index in [9.17, 15) is 19.1 Å². The van der Waals surface area contributed by atoms with Gasteiger partial charge >= 0.3 is 5.97 Å². The van der Waals surface area contributed by atoms with Crippen LogP contribution in [0.4, 0.5) is 9.39 Å². The number of alkyl halides is 1. The Labute approximate surface area is 164 Å². The third-order valence-corrected chi connectivity index (χ3v) is 5.22. The topological polar surface area (TPSA) is 66.4 Å². The Morgan fingerprint density at radius 3 is 2.37 bits per heavy atom. The van der Waals surface area contributed by atoms with Crippen LogP contribution in [-0.4, -0.2) is 23.7 Å². The molecule has 4 nitrogen and oxygen atoms in total. The zero-order chi connectivity index (χ0) is 19.4. The van der Waals surface area contributed by atoms with Crippen LogP contribution in [0.25, 0.3) is 11.1 Å². The molecule has 2 aromatic carbocycles. The second kappa shape index (κ2) is 8.33. The second-order valence-corrected chi connectivity index (χ2v) is 7.09. The smallest absolute Gasteiger partial charge is 0.339 e. The number of hydrogen-bond acceptors (Lipinski definition) is 3. The maximum atomic E-state index is 13.5. The van der Waals surface area contributed by atoms with E-state index < -0.39 is 24.5 Å². The fourth-order valence-corrected chi connectivity index (χ4v) is 3.79. The zero-order valence-electron chi connectivity index (χ0n) is 14.0. The highest BCUT2D eigenvalue weighted by Gasteiger charge is 2.25. The summed E-state index contributed by atoms with van der Waals surface area (Å²) in [5.41, 5.74) is 1.64. The van der Waals surface area contributed by atoms with Crippen molar-refractivity contribution < 1.29 is 19.1 Å². The van der Waals surface area contributed by atoms with Gasteiger partial charge in [-0.25, -0.2) is 9.18 Å². The third-order valence-electron chi connectivity index (χ3n) is 4.07. The lowest BCUT2D eigenvalue weighted by molar-refractivity contribution is -0.117. The van der Waals surface area contributed by atoms with Crippen LogP contribution in [0.3, 0.4) is 0 Å². The molecule has 0 spiro atoms. The van der Waals surface area contributed by atoms with Gasteiger partial charge in [0, 0.05) is 16.0 Å². The summed E-state index contributed by atoms with van der Waals surface area (Å²) in [7, 11) is 0. The lowest BCUT2D eigenvalue weighted by Crippen LogP contribution is -2.23. The van der Waals surface area contributed by atoms with Gasteiger partial charge in [0.05, 0.1) is 5.92 Å². The van der Waals surface area contributed by atoms with E-state index in [4.69, 9.17) is 11.6 Å². The van der Waals surface area contributed by atoms with E-state index in [1.165, 1.54) is 0 Å². The Balaban J connectivity index is 1.92. The van der Waals surface area contributed by atoms with Crippen molar-refractivity contribution in [2.24, 2.45) is 0 Å². The van der Waals surface area contributed by atoms with Crippen LogP contribution in [0.15, 0.2) is 60.0 Å². The van der Waals surface area contributed by atoms with E-state index in [-0.39, 0.29) is 10.6 Å². The number of rotatable bonds is 6. The number of hydrogen-bond donors (Lipinski definition) is 2. The maximum Gasteiger partial charge on any atom is 0.339 e. The number of benzene rings is 2. The molecule has 1 heterocycles. The van der Waals surface area contributed by atoms with E-state index in [0.717, 1.165) is 11.3 Å². The Morgan fingerprint density at radius 2 is 1.78 bits per heavy atom. The van der Waals surface area contributed by atoms with Gasteiger partial charge in [-0.2, -0.15) is 0 Å². The molecule has 0 saturated heterocycles. The monoisotopic (exact) mass is 403 g/mol. The van der Waals surface area contributed by atoms with Gasteiger partial charge in [0.1, 0.15) is 17.2 Å². The summed E-state index contributed by atoms with van der Waals surface area (Å²) in [5.74, 6) is -2.77. The molecule has 2 N–H and O–H groups in total. The molecule has 3 aromatic rings. The highest BCUT2D eigenvalue weighted by molar-refractivity contribution is 7.15. The molecule has 27 heavy (non-hydrogen) atoms. The van der Waals surface area contributed by atoms with Crippen LogP contribution in [0.2, 0.25) is 5.02 Å². The highest BCUT2D eigenvalue weighted by Crippen LogP contribution is 2.36. The first-order chi connectivity index (χ1) is 13.0. The first kappa shape index (κ1) is 19.1. The van der Waals surface area contributed by atoms with Gasteiger partial charge < -0.3 is 10.4 Å². The quantitative estimate of drug-likeness (QED) is 0.574. The third kappa shape index (κ3) is 4.18. The molecule has 0 bridgehead atoms. The molecule has 7 heteroatoms. The predicted molar refractivity (Wildman–Crippen MR) is 106 cm³/mol. The van der Waals surface area contributed by atoms with E-state index >= 15 is 0 Å². The fourth-order valence-electron chi connectivity index (χ4n) is 2.70. The minimum absolute atomic E-state index is 0.0265. The summed E-state index contributed by atoms with van der Waals surface area (Å²) >= 11 is 6.97. The van der Waals surface area contributed by atoms with E-state index in [1.807, 2.05) is 0 Å². The molecule has 138 valence electrons. The standard InChI is InChI=1S/C20H15ClFNO3S/c21-14-8-6-13(7-9-14)16-11-27-19(17(16)20(25)26)23-18(24)15(10-22)12-4-2-1-3-5-12/h1-9,11,15H,10H2,(H,23,24)(H,25,26). The number of halogens is 2. The van der Waals surface area contributed by atoms with Crippen molar-refractivity contribution in [2.75, 3.05) is 12.0 Å². The highest BCUT2D eigenvalue weighted by atomic mass is 35.5. The number of carbonyl (C=O) groups is 2. The molecule has 3 rings (SSSR count). The summed E-state index contributed by atoms with van der Waals surface area (Å²) in [6, 6.07) is 15.3. The number of carboxylic acid groups (broad SMARTS) is 1. The van der Waals surface area contributed by atoms with Crippen LogP contribution in [-0.2, 0) is 4.79 Å².